The highest BCUT2D eigenvalue weighted by molar-refractivity contribution is 7.91. The van der Waals surface area contributed by atoms with Crippen LogP contribution >= 0.6 is 0 Å². The van der Waals surface area contributed by atoms with Crippen LogP contribution in [0.3, 0.4) is 0 Å². The van der Waals surface area contributed by atoms with Crippen molar-refractivity contribution in [2.45, 2.75) is 6.42 Å². The molecule has 0 unspecified atom stereocenters. The zero-order chi connectivity index (χ0) is 10.9. The first-order valence-corrected chi connectivity index (χ1v) is 6.41. The van der Waals surface area contributed by atoms with E-state index in [0.29, 0.717) is 26.2 Å². The smallest absolute Gasteiger partial charge is 0.152 e. The molecule has 0 aliphatic carbocycles. The molecule has 6 heteroatoms. The zero-order valence-corrected chi connectivity index (χ0v) is 9.38. The van der Waals surface area contributed by atoms with Crippen LogP contribution in [-0.4, -0.2) is 53.4 Å². The second kappa shape index (κ2) is 8.16. The van der Waals surface area contributed by atoms with Gasteiger partial charge in [0.15, 0.2) is 9.84 Å². The number of sulfone groups is 1. The molecular weight excluding hydrogens is 206 g/mol. The fourth-order valence-electron chi connectivity index (χ4n) is 0.836. The predicted molar refractivity (Wildman–Crippen MR) is 55.0 cm³/mol. The summed E-state index contributed by atoms with van der Waals surface area (Å²) >= 11 is 0. The van der Waals surface area contributed by atoms with E-state index in [0.717, 1.165) is 0 Å². The van der Waals surface area contributed by atoms with Crippen molar-refractivity contribution in [3.8, 4) is 0 Å². The molecule has 86 valence electrons. The van der Waals surface area contributed by atoms with Crippen LogP contribution in [0.4, 0.5) is 0 Å². The Morgan fingerprint density at radius 3 is 2.43 bits per heavy atom. The maximum Gasteiger partial charge on any atom is 0.152 e. The Balaban J connectivity index is 3.46. The minimum atomic E-state index is -2.98. The monoisotopic (exact) mass is 225 g/mol. The third-order valence-corrected chi connectivity index (χ3v) is 3.33. The van der Waals surface area contributed by atoms with E-state index in [1.807, 2.05) is 0 Å². The van der Waals surface area contributed by atoms with Crippen molar-refractivity contribution >= 4 is 9.84 Å². The minimum absolute atomic E-state index is 0.0662. The van der Waals surface area contributed by atoms with Crippen molar-refractivity contribution in [1.82, 2.24) is 0 Å². The molecule has 0 aromatic heterocycles. The van der Waals surface area contributed by atoms with Crippen molar-refractivity contribution in [1.29, 1.82) is 0 Å². The van der Waals surface area contributed by atoms with Gasteiger partial charge >= 0.3 is 0 Å². The zero-order valence-electron chi connectivity index (χ0n) is 8.57. The van der Waals surface area contributed by atoms with Crippen LogP contribution in [0.1, 0.15) is 6.42 Å². The summed E-state index contributed by atoms with van der Waals surface area (Å²) in [6, 6.07) is 0. The van der Waals surface area contributed by atoms with Crippen molar-refractivity contribution in [2.24, 2.45) is 5.73 Å². The van der Waals surface area contributed by atoms with Gasteiger partial charge in [-0.15, -0.1) is 0 Å². The molecule has 0 heterocycles. The number of hydrogen-bond donors (Lipinski definition) is 1. The molecule has 14 heavy (non-hydrogen) atoms. The third-order valence-electron chi connectivity index (χ3n) is 1.63. The summed E-state index contributed by atoms with van der Waals surface area (Å²) < 4.78 is 32.3. The molecule has 2 N–H and O–H groups in total. The SMILES string of the molecule is COCCOCCS(=O)(=O)CCCN. The topological polar surface area (TPSA) is 78.6 Å². The highest BCUT2D eigenvalue weighted by atomic mass is 32.2. The average Bonchev–Trinajstić information content (AvgIpc) is 2.15. The largest absolute Gasteiger partial charge is 0.382 e. The molecule has 0 radical (unpaired) electrons. The Hall–Kier alpha value is -0.170. The van der Waals surface area contributed by atoms with Gasteiger partial charge in [0.2, 0.25) is 0 Å². The fraction of sp³-hybridized carbons (Fsp3) is 1.00. The van der Waals surface area contributed by atoms with Crippen LogP contribution in [-0.2, 0) is 19.3 Å². The quantitative estimate of drug-likeness (QED) is 0.531. The average molecular weight is 225 g/mol. The molecule has 0 aromatic carbocycles. The van der Waals surface area contributed by atoms with Crippen LogP contribution < -0.4 is 5.73 Å². The van der Waals surface area contributed by atoms with E-state index in [1.165, 1.54) is 0 Å². The van der Waals surface area contributed by atoms with Crippen LogP contribution in [0.25, 0.3) is 0 Å². The molecule has 0 saturated carbocycles. The number of nitrogens with two attached hydrogens (primary N) is 1. The van der Waals surface area contributed by atoms with Gasteiger partial charge in [-0.05, 0) is 13.0 Å². The van der Waals surface area contributed by atoms with Gasteiger partial charge in [-0.25, -0.2) is 8.42 Å². The van der Waals surface area contributed by atoms with E-state index < -0.39 is 9.84 Å². The van der Waals surface area contributed by atoms with E-state index in [-0.39, 0.29) is 18.1 Å². The van der Waals surface area contributed by atoms with Gasteiger partial charge < -0.3 is 15.2 Å². The Bertz CT molecular complexity index is 215. The second-order valence-corrected chi connectivity index (χ2v) is 5.20. The lowest BCUT2D eigenvalue weighted by atomic mass is 10.5. The lowest BCUT2D eigenvalue weighted by molar-refractivity contribution is 0.0785. The first kappa shape index (κ1) is 13.8. The number of hydrogen-bond acceptors (Lipinski definition) is 5. The second-order valence-electron chi connectivity index (χ2n) is 2.90. The Labute approximate surface area is 85.5 Å². The van der Waals surface area contributed by atoms with Gasteiger partial charge in [-0.3, -0.25) is 0 Å². The normalized spacial score (nSPS) is 11.9. The summed E-state index contributed by atoms with van der Waals surface area (Å²) in [5.74, 6) is 0.216. The van der Waals surface area contributed by atoms with Gasteiger partial charge in [-0.1, -0.05) is 0 Å². The Morgan fingerprint density at radius 2 is 1.86 bits per heavy atom. The summed E-state index contributed by atoms with van der Waals surface area (Å²) in [5, 5.41) is 0. The maximum atomic E-state index is 11.3. The third kappa shape index (κ3) is 8.43. The van der Waals surface area contributed by atoms with E-state index >= 15 is 0 Å². The standard InChI is InChI=1S/C8H19NO4S/c1-12-4-5-13-6-8-14(10,11)7-2-3-9/h2-9H2,1H3. The number of methoxy groups -OCH3 is 1. The Kier molecular flexibility index (Phi) is 8.07. The summed E-state index contributed by atoms with van der Waals surface area (Å²) in [7, 11) is -1.41. The predicted octanol–water partition coefficient (Wildman–Crippen LogP) is -0.587. The van der Waals surface area contributed by atoms with Crippen LogP contribution in [0, 0.1) is 0 Å². The van der Waals surface area contributed by atoms with Gasteiger partial charge in [0, 0.05) is 7.11 Å². The van der Waals surface area contributed by atoms with Crippen molar-refractivity contribution in [3.05, 3.63) is 0 Å². The molecule has 0 amide bonds. The van der Waals surface area contributed by atoms with Crippen molar-refractivity contribution in [3.63, 3.8) is 0 Å². The molecule has 0 saturated heterocycles. The lowest BCUT2D eigenvalue weighted by Crippen LogP contribution is -2.18. The van der Waals surface area contributed by atoms with Crippen LogP contribution in [0.2, 0.25) is 0 Å². The summed E-state index contributed by atoms with van der Waals surface area (Å²) in [6.45, 7) is 1.56. The fourth-order valence-corrected chi connectivity index (χ4v) is 2.02. The van der Waals surface area contributed by atoms with E-state index in [9.17, 15) is 8.42 Å². The molecule has 0 fully saturated rings. The van der Waals surface area contributed by atoms with Gasteiger partial charge in [0.25, 0.3) is 0 Å². The molecule has 0 spiro atoms. The number of ether oxygens (including phenoxy) is 2. The Morgan fingerprint density at radius 1 is 1.14 bits per heavy atom. The molecule has 5 nitrogen and oxygen atoms in total. The van der Waals surface area contributed by atoms with Crippen LogP contribution in [0.5, 0.6) is 0 Å². The molecule has 0 aromatic rings. The molecular formula is C8H19NO4S. The minimum Gasteiger partial charge on any atom is -0.382 e. The van der Waals surface area contributed by atoms with Gasteiger partial charge in [0.05, 0.1) is 31.3 Å². The summed E-state index contributed by atoms with van der Waals surface area (Å²) in [4.78, 5) is 0. The summed E-state index contributed by atoms with van der Waals surface area (Å²) in [6.07, 6.45) is 0.514. The maximum absolute atomic E-state index is 11.3. The van der Waals surface area contributed by atoms with E-state index in [1.54, 1.807) is 7.11 Å². The molecule has 0 rings (SSSR count). The van der Waals surface area contributed by atoms with E-state index in [2.05, 4.69) is 0 Å². The number of rotatable bonds is 9. The summed E-state index contributed by atoms with van der Waals surface area (Å²) in [5.41, 5.74) is 5.22. The first-order valence-electron chi connectivity index (χ1n) is 4.59. The van der Waals surface area contributed by atoms with Gasteiger partial charge in [0.1, 0.15) is 0 Å². The lowest BCUT2D eigenvalue weighted by Gasteiger charge is -2.04. The van der Waals surface area contributed by atoms with Crippen molar-refractivity contribution < 1.29 is 17.9 Å². The molecule has 0 atom stereocenters. The van der Waals surface area contributed by atoms with Crippen molar-refractivity contribution in [2.75, 3.05) is 45.0 Å². The first-order chi connectivity index (χ1) is 6.62. The molecule has 0 aliphatic heterocycles. The van der Waals surface area contributed by atoms with Crippen LogP contribution in [0.15, 0.2) is 0 Å². The highest BCUT2D eigenvalue weighted by Gasteiger charge is 2.09. The van der Waals surface area contributed by atoms with Gasteiger partial charge in [-0.2, -0.15) is 0 Å². The molecule has 0 aliphatic rings. The van der Waals surface area contributed by atoms with E-state index in [4.69, 9.17) is 15.2 Å². The molecule has 0 bridgehead atoms. The highest BCUT2D eigenvalue weighted by Crippen LogP contribution is 1.93.